The van der Waals surface area contributed by atoms with Crippen molar-refractivity contribution in [3.63, 3.8) is 0 Å². The molecule has 2 heterocycles. The van der Waals surface area contributed by atoms with Crippen molar-refractivity contribution in [2.24, 2.45) is 0 Å². The SMILES string of the molecule is Cc1cc2occ(CC(=O)N3CCCC3C(=O)N(C)C)c2cc1C(C)C. The molecule has 1 fully saturated rings. The van der Waals surface area contributed by atoms with Crippen molar-refractivity contribution in [2.45, 2.75) is 52.0 Å². The van der Waals surface area contributed by atoms with Crippen LogP contribution in [0.3, 0.4) is 0 Å². The van der Waals surface area contributed by atoms with Gasteiger partial charge in [-0.15, -0.1) is 0 Å². The Morgan fingerprint density at radius 3 is 2.69 bits per heavy atom. The van der Waals surface area contributed by atoms with Crippen LogP contribution in [0.15, 0.2) is 22.8 Å². The Hall–Kier alpha value is -2.30. The van der Waals surface area contributed by atoms with Gasteiger partial charge in [-0.05, 0) is 48.9 Å². The van der Waals surface area contributed by atoms with Crippen molar-refractivity contribution in [1.82, 2.24) is 9.80 Å². The van der Waals surface area contributed by atoms with Gasteiger partial charge < -0.3 is 14.2 Å². The van der Waals surface area contributed by atoms with Crippen molar-refractivity contribution in [1.29, 1.82) is 0 Å². The molecule has 0 radical (unpaired) electrons. The molecule has 26 heavy (non-hydrogen) atoms. The number of aryl methyl sites for hydroxylation is 1. The minimum absolute atomic E-state index is 0.00271. The molecule has 1 unspecified atom stereocenters. The monoisotopic (exact) mass is 356 g/mol. The molecule has 2 aromatic rings. The molecule has 140 valence electrons. The second-order valence-electron chi connectivity index (χ2n) is 7.78. The number of rotatable bonds is 4. The number of benzene rings is 1. The third kappa shape index (κ3) is 3.35. The predicted octanol–water partition coefficient (Wildman–Crippen LogP) is 3.49. The summed E-state index contributed by atoms with van der Waals surface area (Å²) in [6.45, 7) is 7.07. The first-order chi connectivity index (χ1) is 12.3. The molecule has 5 nitrogen and oxygen atoms in total. The van der Waals surface area contributed by atoms with E-state index in [0.29, 0.717) is 12.5 Å². The third-order valence-corrected chi connectivity index (χ3v) is 5.31. The van der Waals surface area contributed by atoms with Crippen LogP contribution in [0.5, 0.6) is 0 Å². The largest absolute Gasteiger partial charge is 0.464 e. The van der Waals surface area contributed by atoms with Crippen LogP contribution in [0.2, 0.25) is 0 Å². The van der Waals surface area contributed by atoms with Crippen LogP contribution in [0, 0.1) is 6.92 Å². The van der Waals surface area contributed by atoms with E-state index < -0.39 is 0 Å². The van der Waals surface area contributed by atoms with Gasteiger partial charge in [-0.25, -0.2) is 0 Å². The van der Waals surface area contributed by atoms with Crippen molar-refractivity contribution in [2.75, 3.05) is 20.6 Å². The molecule has 1 saturated heterocycles. The third-order valence-electron chi connectivity index (χ3n) is 5.31. The van der Waals surface area contributed by atoms with Crippen molar-refractivity contribution < 1.29 is 14.0 Å². The fourth-order valence-corrected chi connectivity index (χ4v) is 3.89. The van der Waals surface area contributed by atoms with Crippen LogP contribution in [0.1, 0.15) is 49.3 Å². The first-order valence-electron chi connectivity index (χ1n) is 9.30. The number of carbonyl (C=O) groups excluding carboxylic acids is 2. The van der Waals surface area contributed by atoms with Gasteiger partial charge in [-0.3, -0.25) is 9.59 Å². The summed E-state index contributed by atoms with van der Waals surface area (Å²) in [6.07, 6.45) is 3.57. The maximum absolute atomic E-state index is 12.9. The summed E-state index contributed by atoms with van der Waals surface area (Å²) < 4.78 is 5.69. The fraction of sp³-hybridized carbons (Fsp3) is 0.524. The van der Waals surface area contributed by atoms with Crippen LogP contribution in [0.4, 0.5) is 0 Å². The minimum Gasteiger partial charge on any atom is -0.464 e. The highest BCUT2D eigenvalue weighted by molar-refractivity contribution is 5.92. The number of nitrogens with zero attached hydrogens (tertiary/aromatic N) is 2. The fourth-order valence-electron chi connectivity index (χ4n) is 3.89. The Bertz CT molecular complexity index is 835. The van der Waals surface area contributed by atoms with E-state index in [-0.39, 0.29) is 24.3 Å². The van der Waals surface area contributed by atoms with Crippen molar-refractivity contribution in [3.8, 4) is 0 Å². The van der Waals surface area contributed by atoms with Gasteiger partial charge in [0.2, 0.25) is 11.8 Å². The van der Waals surface area contributed by atoms with E-state index in [0.717, 1.165) is 29.4 Å². The van der Waals surface area contributed by atoms with E-state index in [2.05, 4.69) is 26.8 Å². The standard InChI is InChI=1S/C21H28N2O3/c1-13(2)16-11-17-15(12-26-19(17)9-14(16)3)10-20(24)23-8-6-7-18(23)21(25)22(4)5/h9,11-13,18H,6-8,10H2,1-5H3. The van der Waals surface area contributed by atoms with Gasteiger partial charge >= 0.3 is 0 Å². The summed E-state index contributed by atoms with van der Waals surface area (Å²) in [6, 6.07) is 3.87. The number of hydrogen-bond donors (Lipinski definition) is 0. The molecule has 0 N–H and O–H groups in total. The highest BCUT2D eigenvalue weighted by Crippen LogP contribution is 2.30. The van der Waals surface area contributed by atoms with Crippen molar-refractivity contribution >= 4 is 22.8 Å². The van der Waals surface area contributed by atoms with E-state index in [1.165, 1.54) is 11.1 Å². The van der Waals surface area contributed by atoms with Crippen LogP contribution in [-0.2, 0) is 16.0 Å². The van der Waals surface area contributed by atoms with Gasteiger partial charge in [0.1, 0.15) is 11.6 Å². The smallest absolute Gasteiger partial charge is 0.244 e. The Morgan fingerprint density at radius 1 is 1.31 bits per heavy atom. The van der Waals surface area contributed by atoms with Gasteiger partial charge in [0.05, 0.1) is 12.7 Å². The lowest BCUT2D eigenvalue weighted by molar-refractivity contribution is -0.141. The molecular weight excluding hydrogens is 328 g/mol. The van der Waals surface area contributed by atoms with Gasteiger partial charge in [-0.2, -0.15) is 0 Å². The number of amides is 2. The Balaban J connectivity index is 1.85. The van der Waals surface area contributed by atoms with Crippen LogP contribution >= 0.6 is 0 Å². The highest BCUT2D eigenvalue weighted by atomic mass is 16.3. The zero-order valence-electron chi connectivity index (χ0n) is 16.3. The summed E-state index contributed by atoms with van der Waals surface area (Å²) in [5.41, 5.74) is 4.19. The first kappa shape index (κ1) is 18.5. The molecule has 1 aliphatic rings. The maximum Gasteiger partial charge on any atom is 0.244 e. The second-order valence-corrected chi connectivity index (χ2v) is 7.78. The van der Waals surface area contributed by atoms with Crippen molar-refractivity contribution in [3.05, 3.63) is 35.1 Å². The van der Waals surface area contributed by atoms with Gasteiger partial charge in [0.15, 0.2) is 0 Å². The molecule has 3 rings (SSSR count). The Morgan fingerprint density at radius 2 is 2.04 bits per heavy atom. The molecule has 1 atom stereocenters. The summed E-state index contributed by atoms with van der Waals surface area (Å²) >= 11 is 0. The lowest BCUT2D eigenvalue weighted by Gasteiger charge is -2.26. The van der Waals surface area contributed by atoms with Gasteiger partial charge in [0.25, 0.3) is 0 Å². The van der Waals surface area contributed by atoms with Gasteiger partial charge in [0, 0.05) is 31.6 Å². The highest BCUT2D eigenvalue weighted by Gasteiger charge is 2.35. The molecule has 0 saturated carbocycles. The molecular formula is C21H28N2O3. The molecule has 0 bridgehead atoms. The topological polar surface area (TPSA) is 53.8 Å². The lowest BCUT2D eigenvalue weighted by Crippen LogP contribution is -2.45. The first-order valence-corrected chi connectivity index (χ1v) is 9.30. The Labute approximate surface area is 154 Å². The molecule has 1 aliphatic heterocycles. The predicted molar refractivity (Wildman–Crippen MR) is 102 cm³/mol. The van der Waals surface area contributed by atoms with Crippen LogP contribution in [-0.4, -0.2) is 48.3 Å². The molecule has 1 aromatic heterocycles. The molecule has 0 spiro atoms. The number of carbonyl (C=O) groups is 2. The normalized spacial score (nSPS) is 17.3. The summed E-state index contributed by atoms with van der Waals surface area (Å²) in [5, 5.41) is 1.00. The quantitative estimate of drug-likeness (QED) is 0.843. The number of likely N-dealkylation sites (tertiary alicyclic amines) is 1. The minimum atomic E-state index is -0.330. The zero-order chi connectivity index (χ0) is 19.0. The zero-order valence-corrected chi connectivity index (χ0v) is 16.3. The average molecular weight is 356 g/mol. The summed E-state index contributed by atoms with van der Waals surface area (Å²) in [7, 11) is 3.48. The molecule has 5 heteroatoms. The maximum atomic E-state index is 12.9. The number of fused-ring (bicyclic) bond motifs is 1. The second kappa shape index (κ2) is 7.14. The summed E-state index contributed by atoms with van der Waals surface area (Å²) in [4.78, 5) is 28.5. The van der Waals surface area contributed by atoms with E-state index in [9.17, 15) is 9.59 Å². The Kier molecular flexibility index (Phi) is 5.08. The number of hydrogen-bond acceptors (Lipinski definition) is 3. The average Bonchev–Trinajstić information content (AvgIpc) is 3.20. The van der Waals surface area contributed by atoms with Gasteiger partial charge in [-0.1, -0.05) is 13.8 Å². The molecule has 2 amide bonds. The van der Waals surface area contributed by atoms with E-state index in [1.54, 1.807) is 30.2 Å². The van der Waals surface area contributed by atoms with Crippen LogP contribution < -0.4 is 0 Å². The lowest BCUT2D eigenvalue weighted by atomic mass is 9.95. The number of furan rings is 1. The van der Waals surface area contributed by atoms with E-state index >= 15 is 0 Å². The summed E-state index contributed by atoms with van der Waals surface area (Å²) in [5.74, 6) is 0.418. The molecule has 0 aliphatic carbocycles. The number of likely N-dealkylation sites (N-methyl/N-ethyl adjacent to an activating group) is 1. The van der Waals surface area contributed by atoms with E-state index in [1.807, 2.05) is 6.07 Å². The van der Waals surface area contributed by atoms with Crippen LogP contribution in [0.25, 0.3) is 11.0 Å². The molecule has 1 aromatic carbocycles. The van der Waals surface area contributed by atoms with E-state index in [4.69, 9.17) is 4.42 Å².